The number of carbonyl (C=O) groups is 2. The Morgan fingerprint density at radius 3 is 2.39 bits per heavy atom. The minimum absolute atomic E-state index is 0.0495. The molecule has 3 aromatic rings. The molecule has 1 heterocycles. The zero-order valence-electron chi connectivity index (χ0n) is 20.5. The van der Waals surface area contributed by atoms with Gasteiger partial charge in [0.2, 0.25) is 11.8 Å². The first-order chi connectivity index (χ1) is 17.5. The van der Waals surface area contributed by atoms with Crippen LogP contribution in [0.15, 0.2) is 59.3 Å². The van der Waals surface area contributed by atoms with Crippen LogP contribution in [0.5, 0.6) is 11.5 Å². The Kier molecular flexibility index (Phi) is 8.59. The molecule has 1 aliphatic rings. The number of rotatable bonds is 9. The van der Waals surface area contributed by atoms with E-state index in [1.807, 2.05) is 16.8 Å². The smallest absolute Gasteiger partial charge is 0.248 e. The quantitative estimate of drug-likeness (QED) is 0.403. The maximum atomic E-state index is 13.8. The molecule has 1 fully saturated rings. The molecular formula is C28H31FN2O4S. The maximum absolute atomic E-state index is 13.8. The molecule has 0 aliphatic heterocycles. The van der Waals surface area contributed by atoms with Crippen molar-refractivity contribution in [3.8, 4) is 11.5 Å². The molecule has 0 saturated heterocycles. The fourth-order valence-corrected chi connectivity index (χ4v) is 5.32. The molecular weight excluding hydrogens is 479 g/mol. The van der Waals surface area contributed by atoms with Gasteiger partial charge in [-0.05, 0) is 65.1 Å². The van der Waals surface area contributed by atoms with Crippen LogP contribution in [0.2, 0.25) is 0 Å². The largest absolute Gasteiger partial charge is 0.493 e. The zero-order chi connectivity index (χ0) is 25.5. The standard InChI is InChI=1S/C28H31FN2O4S/c1-34-24-13-12-23(17-25(24)35-2)31(26(32)16-19-14-15-36-18-19)27(20-8-10-21(29)11-9-20)28(33)30-22-6-4-3-5-7-22/h8-15,17-18,22,27H,3-7,16H2,1-2H3,(H,30,33). The van der Waals surface area contributed by atoms with Crippen LogP contribution in [-0.4, -0.2) is 32.1 Å². The van der Waals surface area contributed by atoms with E-state index in [-0.39, 0.29) is 24.3 Å². The molecule has 6 nitrogen and oxygen atoms in total. The van der Waals surface area contributed by atoms with Crippen LogP contribution in [0.4, 0.5) is 10.1 Å². The third-order valence-electron chi connectivity index (χ3n) is 6.49. The van der Waals surface area contributed by atoms with Gasteiger partial charge in [-0.3, -0.25) is 14.5 Å². The van der Waals surface area contributed by atoms with Gasteiger partial charge in [-0.15, -0.1) is 0 Å². The van der Waals surface area contributed by atoms with E-state index in [4.69, 9.17) is 9.47 Å². The third kappa shape index (κ3) is 6.05. The van der Waals surface area contributed by atoms with Crippen molar-refractivity contribution >= 4 is 28.8 Å². The summed E-state index contributed by atoms with van der Waals surface area (Å²) in [4.78, 5) is 29.2. The zero-order valence-corrected chi connectivity index (χ0v) is 21.4. The van der Waals surface area contributed by atoms with Crippen molar-refractivity contribution in [2.24, 2.45) is 0 Å². The number of thiophene rings is 1. The molecule has 1 unspecified atom stereocenters. The van der Waals surface area contributed by atoms with Crippen molar-refractivity contribution in [3.63, 3.8) is 0 Å². The van der Waals surface area contributed by atoms with Crippen molar-refractivity contribution in [1.82, 2.24) is 5.32 Å². The fraction of sp³-hybridized carbons (Fsp3) is 0.357. The second-order valence-electron chi connectivity index (χ2n) is 8.91. The number of methoxy groups -OCH3 is 2. The highest BCUT2D eigenvalue weighted by Gasteiger charge is 2.34. The van der Waals surface area contributed by atoms with Crippen LogP contribution >= 0.6 is 11.3 Å². The predicted molar refractivity (Wildman–Crippen MR) is 139 cm³/mol. The molecule has 0 radical (unpaired) electrons. The molecule has 0 bridgehead atoms. The number of carbonyl (C=O) groups excluding carboxylic acids is 2. The van der Waals surface area contributed by atoms with Crippen LogP contribution in [-0.2, 0) is 16.0 Å². The van der Waals surface area contributed by atoms with Gasteiger partial charge in [0, 0.05) is 17.8 Å². The monoisotopic (exact) mass is 510 g/mol. The topological polar surface area (TPSA) is 67.9 Å². The van der Waals surface area contributed by atoms with Gasteiger partial charge in [-0.1, -0.05) is 31.4 Å². The number of benzene rings is 2. The molecule has 1 N–H and O–H groups in total. The molecule has 1 saturated carbocycles. The number of nitrogens with zero attached hydrogens (tertiary/aromatic N) is 1. The van der Waals surface area contributed by atoms with Gasteiger partial charge in [0.15, 0.2) is 11.5 Å². The minimum Gasteiger partial charge on any atom is -0.493 e. The van der Waals surface area contributed by atoms with E-state index in [9.17, 15) is 14.0 Å². The average molecular weight is 511 g/mol. The predicted octanol–water partition coefficient (Wildman–Crippen LogP) is 5.67. The summed E-state index contributed by atoms with van der Waals surface area (Å²) in [5.41, 5.74) is 1.88. The summed E-state index contributed by atoms with van der Waals surface area (Å²) in [6.07, 6.45) is 5.20. The molecule has 1 atom stereocenters. The van der Waals surface area contributed by atoms with E-state index >= 15 is 0 Å². The number of ether oxygens (including phenoxy) is 2. The van der Waals surface area contributed by atoms with E-state index in [0.29, 0.717) is 22.7 Å². The van der Waals surface area contributed by atoms with Gasteiger partial charge in [-0.25, -0.2) is 4.39 Å². The summed E-state index contributed by atoms with van der Waals surface area (Å²) >= 11 is 1.51. The molecule has 36 heavy (non-hydrogen) atoms. The second kappa shape index (κ2) is 12.0. The van der Waals surface area contributed by atoms with Crippen LogP contribution < -0.4 is 19.7 Å². The lowest BCUT2D eigenvalue weighted by atomic mass is 9.94. The Hall–Kier alpha value is -3.39. The van der Waals surface area contributed by atoms with Gasteiger partial charge in [0.05, 0.1) is 20.6 Å². The third-order valence-corrected chi connectivity index (χ3v) is 7.23. The fourth-order valence-electron chi connectivity index (χ4n) is 4.65. The molecule has 1 aliphatic carbocycles. The molecule has 4 rings (SSSR count). The molecule has 1 aromatic heterocycles. The first-order valence-corrected chi connectivity index (χ1v) is 13.1. The number of anilines is 1. The van der Waals surface area contributed by atoms with Crippen LogP contribution in [0.3, 0.4) is 0 Å². The van der Waals surface area contributed by atoms with Gasteiger partial charge in [0.25, 0.3) is 0 Å². The summed E-state index contributed by atoms with van der Waals surface area (Å²) in [5, 5.41) is 7.00. The van der Waals surface area contributed by atoms with Crippen molar-refractivity contribution in [2.75, 3.05) is 19.1 Å². The van der Waals surface area contributed by atoms with E-state index in [0.717, 1.165) is 37.7 Å². The Bertz CT molecular complexity index is 1160. The molecule has 190 valence electrons. The maximum Gasteiger partial charge on any atom is 0.248 e. The highest BCUT2D eigenvalue weighted by molar-refractivity contribution is 7.08. The number of hydrogen-bond acceptors (Lipinski definition) is 5. The Morgan fingerprint density at radius 1 is 1.03 bits per heavy atom. The van der Waals surface area contributed by atoms with Crippen molar-refractivity contribution in [2.45, 2.75) is 50.6 Å². The first kappa shape index (κ1) is 25.7. The number of halogens is 1. The first-order valence-electron chi connectivity index (χ1n) is 12.1. The lowest BCUT2D eigenvalue weighted by molar-refractivity contribution is -0.127. The van der Waals surface area contributed by atoms with E-state index in [1.165, 1.54) is 42.6 Å². The minimum atomic E-state index is -0.989. The van der Waals surface area contributed by atoms with Gasteiger partial charge >= 0.3 is 0 Å². The van der Waals surface area contributed by atoms with Crippen molar-refractivity contribution in [1.29, 1.82) is 0 Å². The van der Waals surface area contributed by atoms with E-state index in [2.05, 4.69) is 5.32 Å². The molecule has 8 heteroatoms. The van der Waals surface area contributed by atoms with E-state index in [1.54, 1.807) is 30.3 Å². The van der Waals surface area contributed by atoms with E-state index < -0.39 is 11.9 Å². The number of nitrogens with one attached hydrogen (secondary N) is 1. The van der Waals surface area contributed by atoms with Gasteiger partial charge in [-0.2, -0.15) is 11.3 Å². The Labute approximate surface area is 215 Å². The summed E-state index contributed by atoms with van der Waals surface area (Å²) < 4.78 is 24.7. The Balaban J connectivity index is 1.78. The van der Waals surface area contributed by atoms with Crippen molar-refractivity contribution < 1.29 is 23.5 Å². The lowest BCUT2D eigenvalue weighted by Crippen LogP contribution is -2.47. The average Bonchev–Trinajstić information content (AvgIpc) is 3.41. The summed E-state index contributed by atoms with van der Waals surface area (Å²) in [6, 6.07) is 11.8. The van der Waals surface area contributed by atoms with Crippen LogP contribution in [0.1, 0.15) is 49.3 Å². The SMILES string of the molecule is COc1ccc(N(C(=O)Cc2ccsc2)C(C(=O)NC2CCCCC2)c2ccc(F)cc2)cc1OC. The molecule has 0 spiro atoms. The lowest BCUT2D eigenvalue weighted by Gasteiger charge is -2.34. The van der Waals surface area contributed by atoms with Crippen LogP contribution in [0.25, 0.3) is 0 Å². The highest BCUT2D eigenvalue weighted by Crippen LogP contribution is 2.36. The Morgan fingerprint density at radius 2 is 1.75 bits per heavy atom. The summed E-state index contributed by atoms with van der Waals surface area (Å²) in [5.74, 6) is -0.00601. The molecule has 2 amide bonds. The molecule has 2 aromatic carbocycles. The van der Waals surface area contributed by atoms with Gasteiger partial charge < -0.3 is 14.8 Å². The summed E-state index contributed by atoms with van der Waals surface area (Å²) in [7, 11) is 3.06. The highest BCUT2D eigenvalue weighted by atomic mass is 32.1. The number of hydrogen-bond donors (Lipinski definition) is 1. The summed E-state index contributed by atoms with van der Waals surface area (Å²) in [6.45, 7) is 0. The van der Waals surface area contributed by atoms with Gasteiger partial charge in [0.1, 0.15) is 11.9 Å². The number of amides is 2. The van der Waals surface area contributed by atoms with Crippen LogP contribution in [0, 0.1) is 5.82 Å². The normalized spacial score (nSPS) is 14.6. The van der Waals surface area contributed by atoms with Crippen molar-refractivity contribution in [3.05, 3.63) is 76.2 Å². The second-order valence-corrected chi connectivity index (χ2v) is 9.69.